The first-order valence-electron chi connectivity index (χ1n) is 10.2. The first-order chi connectivity index (χ1) is 15.9. The Balaban J connectivity index is 1.68. The minimum Gasteiger partial charge on any atom is -0.495 e. The maximum Gasteiger partial charge on any atom is 0.264 e. The van der Waals surface area contributed by atoms with Crippen LogP contribution in [0, 0.1) is 0 Å². The highest BCUT2D eigenvalue weighted by molar-refractivity contribution is 7.98. The number of carbonyl (C=O) groups is 1. The summed E-state index contributed by atoms with van der Waals surface area (Å²) in [7, 11) is -2.61. The Morgan fingerprint density at radius 3 is 2.64 bits per heavy atom. The van der Waals surface area contributed by atoms with Crippen molar-refractivity contribution in [2.75, 3.05) is 30.3 Å². The van der Waals surface area contributed by atoms with E-state index in [1.807, 2.05) is 12.1 Å². The molecule has 0 radical (unpaired) electrons. The number of rotatable bonds is 12. The molecule has 0 bridgehead atoms. The molecule has 0 aliphatic rings. The molecule has 3 aromatic rings. The van der Waals surface area contributed by atoms with E-state index in [0.29, 0.717) is 17.3 Å². The maximum atomic E-state index is 13.4. The monoisotopic (exact) mass is 508 g/mol. The Labute approximate surface area is 203 Å². The highest BCUT2D eigenvalue weighted by atomic mass is 35.5. The predicted octanol–water partition coefficient (Wildman–Crippen LogP) is 4.58. The molecule has 1 aromatic heterocycles. The van der Waals surface area contributed by atoms with E-state index < -0.39 is 22.5 Å². The molecule has 33 heavy (non-hydrogen) atoms. The number of methoxy groups -OCH3 is 1. The molecule has 10 heteroatoms. The van der Waals surface area contributed by atoms with E-state index in [0.717, 1.165) is 28.0 Å². The highest BCUT2D eigenvalue weighted by Gasteiger charge is 2.29. The van der Waals surface area contributed by atoms with Crippen molar-refractivity contribution in [1.82, 2.24) is 5.32 Å². The second-order valence-electron chi connectivity index (χ2n) is 6.98. The number of nitrogens with zero attached hydrogens (tertiary/aromatic N) is 1. The summed E-state index contributed by atoms with van der Waals surface area (Å²) >= 11 is 7.83. The molecule has 0 aliphatic carbocycles. The summed E-state index contributed by atoms with van der Waals surface area (Å²) in [6.07, 6.45) is 2.38. The van der Waals surface area contributed by atoms with E-state index in [1.165, 1.54) is 25.3 Å². The average Bonchev–Trinajstić information content (AvgIpc) is 3.34. The standard InChI is InChI=1S/C23H25ClN2O5S2/c1-30-22-11-10-18(24)15-21(22)26(33(28,29)20-8-3-2-4-9-20)16-23(27)25-12-6-14-32-17-19-7-5-13-31-19/h2-5,7-11,13,15H,6,12,14,16-17H2,1H3,(H,25,27). The fraction of sp³-hybridized carbons (Fsp3) is 0.261. The van der Waals surface area contributed by atoms with Crippen LogP contribution in [0.5, 0.6) is 5.75 Å². The molecular formula is C23H25ClN2O5S2. The number of furan rings is 1. The molecule has 3 rings (SSSR count). The number of thioether (sulfide) groups is 1. The third-order valence-corrected chi connectivity index (χ3v) is 7.72. The Hall–Kier alpha value is -2.62. The lowest BCUT2D eigenvalue weighted by molar-refractivity contribution is -0.119. The number of ether oxygens (including phenoxy) is 1. The third kappa shape index (κ3) is 6.93. The zero-order valence-corrected chi connectivity index (χ0v) is 20.5. The van der Waals surface area contributed by atoms with Gasteiger partial charge in [-0.1, -0.05) is 29.8 Å². The van der Waals surface area contributed by atoms with Gasteiger partial charge >= 0.3 is 0 Å². The summed E-state index contributed by atoms with van der Waals surface area (Å²) < 4.78 is 38.5. The van der Waals surface area contributed by atoms with Crippen LogP contribution in [0.4, 0.5) is 5.69 Å². The van der Waals surface area contributed by atoms with Crippen molar-refractivity contribution in [3.8, 4) is 5.75 Å². The lowest BCUT2D eigenvalue weighted by Crippen LogP contribution is -2.41. The second kappa shape index (κ2) is 12.0. The van der Waals surface area contributed by atoms with E-state index in [9.17, 15) is 13.2 Å². The van der Waals surface area contributed by atoms with Gasteiger partial charge in [0.1, 0.15) is 18.1 Å². The quantitative estimate of drug-likeness (QED) is 0.360. The largest absolute Gasteiger partial charge is 0.495 e. The third-order valence-electron chi connectivity index (χ3n) is 4.64. The summed E-state index contributed by atoms with van der Waals surface area (Å²) in [5.41, 5.74) is 0.193. The van der Waals surface area contributed by atoms with Gasteiger partial charge < -0.3 is 14.5 Å². The lowest BCUT2D eigenvalue weighted by atomic mass is 10.3. The molecule has 176 valence electrons. The summed E-state index contributed by atoms with van der Waals surface area (Å²) in [5, 5.41) is 3.12. The molecule has 0 unspecified atom stereocenters. The molecule has 1 N–H and O–H groups in total. The molecule has 0 spiro atoms. The normalized spacial score (nSPS) is 11.2. The van der Waals surface area contributed by atoms with Crippen LogP contribution in [0.2, 0.25) is 5.02 Å². The van der Waals surface area contributed by atoms with Crippen LogP contribution in [0.25, 0.3) is 0 Å². The number of anilines is 1. The van der Waals surface area contributed by atoms with Gasteiger partial charge in [-0.05, 0) is 54.6 Å². The molecular weight excluding hydrogens is 484 g/mol. The molecule has 2 aromatic carbocycles. The minimum atomic E-state index is -4.04. The van der Waals surface area contributed by atoms with Crippen molar-refractivity contribution >= 4 is 45.0 Å². The molecule has 1 heterocycles. The average molecular weight is 509 g/mol. The summed E-state index contributed by atoms with van der Waals surface area (Å²) in [5.74, 6) is 2.36. The van der Waals surface area contributed by atoms with Crippen molar-refractivity contribution in [1.29, 1.82) is 0 Å². The van der Waals surface area contributed by atoms with Gasteiger partial charge in [0, 0.05) is 11.6 Å². The van der Waals surface area contributed by atoms with Gasteiger partial charge in [0.25, 0.3) is 10.0 Å². The Bertz CT molecular complexity index is 1140. The number of benzene rings is 2. The first-order valence-corrected chi connectivity index (χ1v) is 13.2. The zero-order chi connectivity index (χ0) is 23.7. The van der Waals surface area contributed by atoms with Crippen LogP contribution < -0.4 is 14.4 Å². The summed E-state index contributed by atoms with van der Waals surface area (Å²) in [6.45, 7) is 0.0172. The topological polar surface area (TPSA) is 88.8 Å². The number of carbonyl (C=O) groups excluding carboxylic acids is 1. The minimum absolute atomic E-state index is 0.0640. The lowest BCUT2D eigenvalue weighted by Gasteiger charge is -2.25. The number of nitrogens with one attached hydrogen (secondary N) is 1. The van der Waals surface area contributed by atoms with E-state index >= 15 is 0 Å². The molecule has 0 atom stereocenters. The van der Waals surface area contributed by atoms with Crippen molar-refractivity contribution in [2.24, 2.45) is 0 Å². The van der Waals surface area contributed by atoms with E-state index in [-0.39, 0.29) is 10.6 Å². The molecule has 1 amide bonds. The fourth-order valence-corrected chi connectivity index (χ4v) is 5.50. The van der Waals surface area contributed by atoms with E-state index in [2.05, 4.69) is 5.32 Å². The summed E-state index contributed by atoms with van der Waals surface area (Å²) in [6, 6.07) is 16.3. The maximum absolute atomic E-state index is 13.4. The van der Waals surface area contributed by atoms with Crippen LogP contribution in [0.1, 0.15) is 12.2 Å². The molecule has 0 aliphatic heterocycles. The van der Waals surface area contributed by atoms with Crippen LogP contribution in [0.15, 0.2) is 76.2 Å². The van der Waals surface area contributed by atoms with Gasteiger partial charge in [-0.15, -0.1) is 0 Å². The van der Waals surface area contributed by atoms with Crippen LogP contribution >= 0.6 is 23.4 Å². The van der Waals surface area contributed by atoms with Gasteiger partial charge in [-0.3, -0.25) is 9.10 Å². The van der Waals surface area contributed by atoms with Crippen molar-refractivity contribution < 1.29 is 22.4 Å². The van der Waals surface area contributed by atoms with Crippen LogP contribution in [-0.4, -0.2) is 40.3 Å². The van der Waals surface area contributed by atoms with E-state index in [4.69, 9.17) is 20.8 Å². The Morgan fingerprint density at radius 1 is 1.15 bits per heavy atom. The molecule has 0 saturated heterocycles. The molecule has 7 nitrogen and oxygen atoms in total. The SMILES string of the molecule is COc1ccc(Cl)cc1N(CC(=O)NCCCSCc1ccco1)S(=O)(=O)c1ccccc1. The van der Waals surface area contributed by atoms with Crippen LogP contribution in [0.3, 0.4) is 0 Å². The van der Waals surface area contributed by atoms with Gasteiger partial charge in [0.2, 0.25) is 5.91 Å². The van der Waals surface area contributed by atoms with Gasteiger partial charge in [0.05, 0.1) is 29.7 Å². The Kier molecular flexibility index (Phi) is 9.11. The van der Waals surface area contributed by atoms with Gasteiger partial charge in [0.15, 0.2) is 0 Å². The zero-order valence-electron chi connectivity index (χ0n) is 18.1. The van der Waals surface area contributed by atoms with Gasteiger partial charge in [-0.2, -0.15) is 11.8 Å². The predicted molar refractivity (Wildman–Crippen MR) is 131 cm³/mol. The fourth-order valence-electron chi connectivity index (χ4n) is 3.03. The Morgan fingerprint density at radius 2 is 1.94 bits per heavy atom. The molecule has 0 fully saturated rings. The summed E-state index contributed by atoms with van der Waals surface area (Å²) in [4.78, 5) is 12.8. The number of hydrogen-bond acceptors (Lipinski definition) is 6. The number of hydrogen-bond donors (Lipinski definition) is 1. The highest BCUT2D eigenvalue weighted by Crippen LogP contribution is 2.34. The van der Waals surface area contributed by atoms with Gasteiger partial charge in [-0.25, -0.2) is 8.42 Å². The first kappa shape index (κ1) is 25.0. The number of sulfonamides is 1. The van der Waals surface area contributed by atoms with Crippen molar-refractivity contribution in [2.45, 2.75) is 17.1 Å². The van der Waals surface area contributed by atoms with Crippen molar-refractivity contribution in [3.63, 3.8) is 0 Å². The smallest absolute Gasteiger partial charge is 0.264 e. The second-order valence-corrected chi connectivity index (χ2v) is 10.4. The van der Waals surface area contributed by atoms with Crippen LogP contribution in [-0.2, 0) is 20.6 Å². The number of amides is 1. The molecule has 0 saturated carbocycles. The number of halogens is 1. The van der Waals surface area contributed by atoms with E-state index in [1.54, 1.807) is 48.4 Å². The van der Waals surface area contributed by atoms with Crippen molar-refractivity contribution in [3.05, 3.63) is 77.7 Å².